The molecule has 152 valence electrons. The van der Waals surface area contributed by atoms with Crippen LogP contribution in [0.1, 0.15) is 79.1 Å². The van der Waals surface area contributed by atoms with Crippen LogP contribution in [-0.2, 0) is 14.3 Å². The lowest BCUT2D eigenvalue weighted by molar-refractivity contribution is -0.147. The number of alkyl carbamates (subject to hydrolysis) is 1. The van der Waals surface area contributed by atoms with Crippen LogP contribution >= 0.6 is 0 Å². The van der Waals surface area contributed by atoms with Gasteiger partial charge in [0.2, 0.25) is 0 Å². The van der Waals surface area contributed by atoms with E-state index in [0.29, 0.717) is 13.2 Å². The van der Waals surface area contributed by atoms with E-state index in [1.165, 1.54) is 32.1 Å². The van der Waals surface area contributed by atoms with Gasteiger partial charge in [0.25, 0.3) is 0 Å². The fraction of sp³-hybridized carbons (Fsp3) is 0.810. The number of carbonyl (C=O) groups is 2. The third kappa shape index (κ3) is 13.7. The Morgan fingerprint density at radius 3 is 2.04 bits per heavy atom. The molecule has 0 radical (unpaired) electrons. The van der Waals surface area contributed by atoms with Gasteiger partial charge in [0.05, 0.1) is 13.2 Å². The molecule has 0 fully saturated rings. The molecule has 0 aliphatic rings. The number of unbranched alkanes of at least 4 members (excludes halogenated alkanes) is 7. The van der Waals surface area contributed by atoms with Crippen LogP contribution in [0.3, 0.4) is 0 Å². The lowest BCUT2D eigenvalue weighted by atomic mass is 10.1. The van der Waals surface area contributed by atoms with Gasteiger partial charge in [0.1, 0.15) is 6.04 Å². The first-order chi connectivity index (χ1) is 12.4. The van der Waals surface area contributed by atoms with Crippen molar-refractivity contribution in [1.29, 1.82) is 0 Å². The van der Waals surface area contributed by atoms with E-state index in [1.807, 2.05) is 33.8 Å². The standard InChI is InChI=1S/C21H39NO4/c1-6-7-8-9-10-11-12-13-14-15-25-20(23)19(18(4)5)22-21(24)26-16-17(2)3/h6,17-19H,1,7-16H2,2-5H3,(H,22,24). The zero-order valence-electron chi connectivity index (χ0n) is 17.2. The van der Waals surface area contributed by atoms with Crippen molar-refractivity contribution < 1.29 is 19.1 Å². The summed E-state index contributed by atoms with van der Waals surface area (Å²) in [6.45, 7) is 12.1. The summed E-state index contributed by atoms with van der Waals surface area (Å²) in [6, 6.07) is -0.667. The maximum atomic E-state index is 12.2. The molecule has 5 nitrogen and oxygen atoms in total. The minimum Gasteiger partial charge on any atom is -0.464 e. The number of allylic oxidation sites excluding steroid dienone is 1. The fourth-order valence-corrected chi connectivity index (χ4v) is 2.45. The van der Waals surface area contributed by atoms with Crippen molar-refractivity contribution >= 4 is 12.1 Å². The maximum Gasteiger partial charge on any atom is 0.407 e. The first kappa shape index (κ1) is 24.5. The number of ether oxygens (including phenoxy) is 2. The Balaban J connectivity index is 3.88. The average molecular weight is 370 g/mol. The first-order valence-electron chi connectivity index (χ1n) is 10.1. The molecular weight excluding hydrogens is 330 g/mol. The summed E-state index contributed by atoms with van der Waals surface area (Å²) in [5.74, 6) is -0.178. The van der Waals surface area contributed by atoms with E-state index in [9.17, 15) is 9.59 Å². The largest absolute Gasteiger partial charge is 0.464 e. The number of esters is 1. The number of carbonyl (C=O) groups excluding carboxylic acids is 2. The van der Waals surface area contributed by atoms with Crippen molar-refractivity contribution in [2.45, 2.75) is 85.1 Å². The summed E-state index contributed by atoms with van der Waals surface area (Å²) in [7, 11) is 0. The number of amides is 1. The minimum absolute atomic E-state index is 0.0512. The lowest BCUT2D eigenvalue weighted by Crippen LogP contribution is -2.45. The third-order valence-corrected chi connectivity index (χ3v) is 4.04. The van der Waals surface area contributed by atoms with Gasteiger partial charge in [0.15, 0.2) is 0 Å². The lowest BCUT2D eigenvalue weighted by Gasteiger charge is -2.21. The smallest absolute Gasteiger partial charge is 0.407 e. The normalized spacial score (nSPS) is 12.1. The summed E-state index contributed by atoms with van der Waals surface area (Å²) in [5.41, 5.74) is 0. The highest BCUT2D eigenvalue weighted by atomic mass is 16.6. The molecule has 1 unspecified atom stereocenters. The van der Waals surface area contributed by atoms with E-state index in [4.69, 9.17) is 9.47 Å². The predicted molar refractivity (Wildman–Crippen MR) is 106 cm³/mol. The molecule has 26 heavy (non-hydrogen) atoms. The van der Waals surface area contributed by atoms with Gasteiger partial charge >= 0.3 is 12.1 Å². The molecule has 0 rings (SSSR count). The number of rotatable bonds is 15. The molecule has 0 aromatic heterocycles. The van der Waals surface area contributed by atoms with Crippen LogP contribution in [0.15, 0.2) is 12.7 Å². The Kier molecular flexibility index (Phi) is 14.8. The van der Waals surface area contributed by atoms with E-state index in [2.05, 4.69) is 11.9 Å². The van der Waals surface area contributed by atoms with Gasteiger partial charge in [-0.15, -0.1) is 6.58 Å². The number of hydrogen-bond donors (Lipinski definition) is 1. The molecule has 0 saturated heterocycles. The van der Waals surface area contributed by atoms with E-state index >= 15 is 0 Å². The van der Waals surface area contributed by atoms with Crippen LogP contribution < -0.4 is 5.32 Å². The Morgan fingerprint density at radius 2 is 1.50 bits per heavy atom. The summed E-state index contributed by atoms with van der Waals surface area (Å²) in [4.78, 5) is 24.0. The number of hydrogen-bond acceptors (Lipinski definition) is 4. The Labute approximate surface area is 159 Å². The molecule has 0 aromatic carbocycles. The zero-order valence-corrected chi connectivity index (χ0v) is 17.2. The maximum absolute atomic E-state index is 12.2. The van der Waals surface area contributed by atoms with Gasteiger partial charge in [-0.2, -0.15) is 0 Å². The molecule has 0 aromatic rings. The van der Waals surface area contributed by atoms with Gasteiger partial charge in [-0.1, -0.05) is 65.9 Å². The van der Waals surface area contributed by atoms with Crippen molar-refractivity contribution in [2.75, 3.05) is 13.2 Å². The summed E-state index contributed by atoms with van der Waals surface area (Å²) in [5, 5.41) is 2.61. The second-order valence-corrected chi connectivity index (χ2v) is 7.58. The van der Waals surface area contributed by atoms with Gasteiger partial charge in [0, 0.05) is 0 Å². The van der Waals surface area contributed by atoms with E-state index in [1.54, 1.807) is 0 Å². The quantitative estimate of drug-likeness (QED) is 0.243. The molecule has 0 saturated carbocycles. The topological polar surface area (TPSA) is 64.6 Å². The molecule has 1 amide bonds. The van der Waals surface area contributed by atoms with Crippen molar-refractivity contribution in [3.05, 3.63) is 12.7 Å². The second kappa shape index (κ2) is 15.7. The molecule has 0 spiro atoms. The minimum atomic E-state index is -0.667. The summed E-state index contributed by atoms with van der Waals surface area (Å²) >= 11 is 0. The molecular formula is C21H39NO4. The first-order valence-corrected chi connectivity index (χ1v) is 10.1. The van der Waals surface area contributed by atoms with Crippen LogP contribution in [0.4, 0.5) is 4.79 Å². The predicted octanol–water partition coefficient (Wildman–Crippen LogP) is 5.24. The van der Waals surface area contributed by atoms with Crippen LogP contribution in [0, 0.1) is 11.8 Å². The Hall–Kier alpha value is -1.52. The molecule has 5 heteroatoms. The van der Waals surface area contributed by atoms with Crippen molar-refractivity contribution in [1.82, 2.24) is 5.32 Å². The van der Waals surface area contributed by atoms with Crippen molar-refractivity contribution in [3.8, 4) is 0 Å². The molecule has 0 aliphatic heterocycles. The monoisotopic (exact) mass is 369 g/mol. The van der Waals surface area contributed by atoms with E-state index in [-0.39, 0.29) is 17.8 Å². The Bertz CT molecular complexity index is 393. The summed E-state index contributed by atoms with van der Waals surface area (Å²) < 4.78 is 10.4. The van der Waals surface area contributed by atoms with Crippen LogP contribution in [0.5, 0.6) is 0 Å². The van der Waals surface area contributed by atoms with Gasteiger partial charge in [-0.3, -0.25) is 0 Å². The van der Waals surface area contributed by atoms with Crippen molar-refractivity contribution in [3.63, 3.8) is 0 Å². The van der Waals surface area contributed by atoms with Crippen LogP contribution in [0.25, 0.3) is 0 Å². The van der Waals surface area contributed by atoms with Gasteiger partial charge < -0.3 is 14.8 Å². The Morgan fingerprint density at radius 1 is 0.923 bits per heavy atom. The van der Waals surface area contributed by atoms with Gasteiger partial charge in [-0.25, -0.2) is 9.59 Å². The molecule has 0 bridgehead atoms. The highest BCUT2D eigenvalue weighted by Gasteiger charge is 2.26. The summed E-state index contributed by atoms with van der Waals surface area (Å²) in [6.07, 6.45) is 10.6. The number of nitrogens with one attached hydrogen (secondary N) is 1. The van der Waals surface area contributed by atoms with E-state index < -0.39 is 12.1 Å². The molecule has 1 N–H and O–H groups in total. The molecule has 0 heterocycles. The van der Waals surface area contributed by atoms with Crippen LogP contribution in [-0.4, -0.2) is 31.3 Å². The molecule has 1 atom stereocenters. The highest BCUT2D eigenvalue weighted by Crippen LogP contribution is 2.10. The highest BCUT2D eigenvalue weighted by molar-refractivity contribution is 5.81. The van der Waals surface area contributed by atoms with Crippen LogP contribution in [0.2, 0.25) is 0 Å². The third-order valence-electron chi connectivity index (χ3n) is 4.04. The zero-order chi connectivity index (χ0) is 19.8. The van der Waals surface area contributed by atoms with Gasteiger partial charge in [-0.05, 0) is 31.1 Å². The molecule has 0 aliphatic carbocycles. The fourth-order valence-electron chi connectivity index (χ4n) is 2.45. The van der Waals surface area contributed by atoms with E-state index in [0.717, 1.165) is 19.3 Å². The average Bonchev–Trinajstić information content (AvgIpc) is 2.59. The van der Waals surface area contributed by atoms with Crippen molar-refractivity contribution in [2.24, 2.45) is 11.8 Å². The second-order valence-electron chi connectivity index (χ2n) is 7.58. The SMILES string of the molecule is C=CCCCCCCCCCOC(=O)C(NC(=O)OCC(C)C)C(C)C.